The minimum absolute atomic E-state index is 0.0335. The number of amides is 4. The number of carbonyl (C=O) groups is 4. The Kier molecular flexibility index (Phi) is 11.9. The number of anilines is 1. The van der Waals surface area contributed by atoms with Gasteiger partial charge in [0.25, 0.3) is 5.91 Å². The molecule has 0 radical (unpaired) electrons. The summed E-state index contributed by atoms with van der Waals surface area (Å²) in [6, 6.07) is 9.32. The smallest absolute Gasteiger partial charge is 0.408 e. The van der Waals surface area contributed by atoms with Crippen molar-refractivity contribution < 1.29 is 23.9 Å². The molecule has 0 aliphatic heterocycles. The van der Waals surface area contributed by atoms with Gasteiger partial charge in [0, 0.05) is 18.7 Å². The number of hydrogen-bond acceptors (Lipinski definition) is 5. The summed E-state index contributed by atoms with van der Waals surface area (Å²) in [5.41, 5.74) is 9.77. The second-order valence-corrected chi connectivity index (χ2v) is 11.6. The lowest BCUT2D eigenvalue weighted by molar-refractivity contribution is -0.141. The van der Waals surface area contributed by atoms with Crippen molar-refractivity contribution in [3.8, 4) is 0 Å². The number of ether oxygens (including phenoxy) is 1. The van der Waals surface area contributed by atoms with E-state index in [0.717, 1.165) is 28.7 Å². The molecule has 2 unspecified atom stereocenters. The average molecular weight is 567 g/mol. The van der Waals surface area contributed by atoms with Crippen molar-refractivity contribution in [1.29, 1.82) is 0 Å². The third kappa shape index (κ3) is 9.92. The zero-order valence-corrected chi connectivity index (χ0v) is 25.7. The zero-order valence-electron chi connectivity index (χ0n) is 25.7. The summed E-state index contributed by atoms with van der Waals surface area (Å²) in [5.74, 6) is -1.47. The van der Waals surface area contributed by atoms with Crippen LogP contribution < -0.4 is 16.4 Å². The molecule has 0 saturated heterocycles. The Bertz CT molecular complexity index is 1230. The molecule has 9 heteroatoms. The number of alkyl carbamates (subject to hydrolysis) is 1. The Morgan fingerprint density at radius 3 is 2.12 bits per heavy atom. The van der Waals surface area contributed by atoms with E-state index >= 15 is 0 Å². The number of primary amides is 1. The molecule has 4 N–H and O–H groups in total. The van der Waals surface area contributed by atoms with E-state index < -0.39 is 35.6 Å². The van der Waals surface area contributed by atoms with Crippen LogP contribution in [-0.4, -0.2) is 46.9 Å². The van der Waals surface area contributed by atoms with Crippen LogP contribution in [0.4, 0.5) is 10.5 Å². The topological polar surface area (TPSA) is 131 Å². The van der Waals surface area contributed by atoms with Gasteiger partial charge in [-0.15, -0.1) is 0 Å². The van der Waals surface area contributed by atoms with Crippen LogP contribution in [-0.2, 0) is 19.1 Å². The summed E-state index contributed by atoms with van der Waals surface area (Å²) < 4.78 is 5.40. The summed E-state index contributed by atoms with van der Waals surface area (Å²) in [6.45, 7) is 15.2. The molecule has 0 aromatic heterocycles. The molecule has 0 aliphatic carbocycles. The van der Waals surface area contributed by atoms with E-state index in [1.807, 2.05) is 71.0 Å². The van der Waals surface area contributed by atoms with Gasteiger partial charge in [-0.3, -0.25) is 14.4 Å². The molecule has 0 heterocycles. The molecule has 2 atom stereocenters. The quantitative estimate of drug-likeness (QED) is 0.317. The number of benzene rings is 2. The normalized spacial score (nSPS) is 12.7. The van der Waals surface area contributed by atoms with Gasteiger partial charge in [-0.2, -0.15) is 0 Å². The van der Waals surface area contributed by atoms with Gasteiger partial charge < -0.3 is 26.0 Å². The summed E-state index contributed by atoms with van der Waals surface area (Å²) >= 11 is 0. The second-order valence-electron chi connectivity index (χ2n) is 11.6. The second kappa shape index (κ2) is 14.7. The first kappa shape index (κ1) is 33.3. The molecule has 9 nitrogen and oxygen atoms in total. The first-order valence-electron chi connectivity index (χ1n) is 14.2. The minimum atomic E-state index is -1.13. The lowest BCUT2D eigenvalue weighted by Crippen LogP contribution is -2.53. The van der Waals surface area contributed by atoms with Gasteiger partial charge in [0.15, 0.2) is 0 Å². The van der Waals surface area contributed by atoms with Gasteiger partial charge in [-0.25, -0.2) is 4.79 Å². The van der Waals surface area contributed by atoms with E-state index in [1.165, 1.54) is 4.90 Å². The van der Waals surface area contributed by atoms with Gasteiger partial charge in [0.2, 0.25) is 11.8 Å². The number of hydrogen-bond donors (Lipinski definition) is 3. The molecule has 224 valence electrons. The van der Waals surface area contributed by atoms with Crippen molar-refractivity contribution in [1.82, 2.24) is 10.2 Å². The summed E-state index contributed by atoms with van der Waals surface area (Å²) in [7, 11) is 0. The predicted molar refractivity (Wildman–Crippen MR) is 161 cm³/mol. The van der Waals surface area contributed by atoms with E-state index in [2.05, 4.69) is 10.6 Å². The van der Waals surface area contributed by atoms with Crippen LogP contribution in [0.5, 0.6) is 0 Å². The Morgan fingerprint density at radius 1 is 0.951 bits per heavy atom. The fraction of sp³-hybridized carbons (Fsp3) is 0.500. The molecule has 0 spiro atoms. The molecular weight excluding hydrogens is 520 g/mol. The number of carbonyl (C=O) groups excluding carboxylic acids is 4. The van der Waals surface area contributed by atoms with Crippen molar-refractivity contribution in [3.63, 3.8) is 0 Å². The largest absolute Gasteiger partial charge is 0.444 e. The number of rotatable bonds is 12. The Labute approximate surface area is 244 Å². The maximum atomic E-state index is 14.2. The highest BCUT2D eigenvalue weighted by atomic mass is 16.6. The fourth-order valence-electron chi connectivity index (χ4n) is 4.50. The van der Waals surface area contributed by atoms with Crippen LogP contribution in [0.15, 0.2) is 36.4 Å². The molecule has 2 aromatic carbocycles. The molecule has 0 aliphatic rings. The minimum Gasteiger partial charge on any atom is -0.444 e. The van der Waals surface area contributed by atoms with Crippen LogP contribution in [0.25, 0.3) is 0 Å². The highest BCUT2D eigenvalue weighted by molar-refractivity contribution is 6.00. The maximum absolute atomic E-state index is 14.2. The number of unbranched alkanes of at least 4 members (excludes halogenated alkanes) is 1. The van der Waals surface area contributed by atoms with Crippen molar-refractivity contribution in [2.45, 2.75) is 98.8 Å². The number of nitrogens with one attached hydrogen (secondary N) is 2. The molecular formula is C32H46N4O5. The number of nitrogens with two attached hydrogens (primary N) is 1. The third-order valence-electron chi connectivity index (χ3n) is 6.84. The molecule has 4 amide bonds. The number of aryl methyl sites for hydroxylation is 4. The number of para-hydroxylation sites is 1. The first-order valence-corrected chi connectivity index (χ1v) is 14.2. The van der Waals surface area contributed by atoms with E-state index in [0.29, 0.717) is 17.7 Å². The van der Waals surface area contributed by atoms with E-state index in [9.17, 15) is 19.2 Å². The van der Waals surface area contributed by atoms with Gasteiger partial charge in [0.1, 0.15) is 17.7 Å². The van der Waals surface area contributed by atoms with Gasteiger partial charge in [-0.05, 0) is 89.1 Å². The molecule has 2 rings (SSSR count). The molecule has 0 saturated carbocycles. The van der Waals surface area contributed by atoms with Gasteiger partial charge in [-0.1, -0.05) is 49.7 Å². The van der Waals surface area contributed by atoms with E-state index in [4.69, 9.17) is 10.5 Å². The predicted octanol–water partition coefficient (Wildman–Crippen LogP) is 5.39. The standard InChI is InChI=1S/C32H46N4O5/c1-9-10-18-36(30(39)25(16-17-26(33)37)34-31(40)41-32(6,7)8)28(24-15-14-20(2)23(5)19-24)29(38)35-27-21(3)12-11-13-22(27)4/h11-15,19,25,28H,9-10,16-18H2,1-8H3,(H2,33,37)(H,34,40)(H,35,38). The van der Waals surface area contributed by atoms with Crippen molar-refractivity contribution >= 4 is 29.5 Å². The first-order chi connectivity index (χ1) is 19.1. The van der Waals surface area contributed by atoms with Crippen LogP contribution in [0.3, 0.4) is 0 Å². The zero-order chi connectivity index (χ0) is 30.9. The van der Waals surface area contributed by atoms with Crippen LogP contribution in [0.2, 0.25) is 0 Å². The molecule has 0 fully saturated rings. The Balaban J connectivity index is 2.61. The van der Waals surface area contributed by atoms with E-state index in [-0.39, 0.29) is 25.3 Å². The van der Waals surface area contributed by atoms with E-state index in [1.54, 1.807) is 20.8 Å². The summed E-state index contributed by atoms with van der Waals surface area (Å²) in [4.78, 5) is 54.3. The monoisotopic (exact) mass is 566 g/mol. The lowest BCUT2D eigenvalue weighted by Gasteiger charge is -2.35. The van der Waals surface area contributed by atoms with Crippen molar-refractivity contribution in [2.24, 2.45) is 5.73 Å². The lowest BCUT2D eigenvalue weighted by atomic mass is 9.97. The highest BCUT2D eigenvalue weighted by Crippen LogP contribution is 2.29. The average Bonchev–Trinajstić information content (AvgIpc) is 2.86. The fourth-order valence-corrected chi connectivity index (χ4v) is 4.50. The van der Waals surface area contributed by atoms with Crippen LogP contribution >= 0.6 is 0 Å². The molecule has 2 aromatic rings. The SMILES string of the molecule is CCCCN(C(=O)C(CCC(N)=O)NC(=O)OC(C)(C)C)C(C(=O)Nc1c(C)cccc1C)c1ccc(C)c(C)c1. The highest BCUT2D eigenvalue weighted by Gasteiger charge is 2.36. The molecule has 0 bridgehead atoms. The summed E-state index contributed by atoms with van der Waals surface area (Å²) in [6.07, 6.45) is 0.440. The maximum Gasteiger partial charge on any atom is 0.408 e. The van der Waals surface area contributed by atoms with Crippen LogP contribution in [0, 0.1) is 27.7 Å². The van der Waals surface area contributed by atoms with Crippen LogP contribution in [0.1, 0.15) is 87.2 Å². The molecule has 41 heavy (non-hydrogen) atoms. The number of nitrogens with zero attached hydrogens (tertiary/aromatic N) is 1. The van der Waals surface area contributed by atoms with Crippen molar-refractivity contribution in [2.75, 3.05) is 11.9 Å². The van der Waals surface area contributed by atoms with Gasteiger partial charge in [0.05, 0.1) is 0 Å². The summed E-state index contributed by atoms with van der Waals surface area (Å²) in [5, 5.41) is 5.69. The Morgan fingerprint density at radius 2 is 1.59 bits per heavy atom. The Hall–Kier alpha value is -3.88. The van der Waals surface area contributed by atoms with Gasteiger partial charge >= 0.3 is 6.09 Å². The van der Waals surface area contributed by atoms with Crippen molar-refractivity contribution in [3.05, 3.63) is 64.2 Å². The third-order valence-corrected chi connectivity index (χ3v) is 6.84.